The van der Waals surface area contributed by atoms with E-state index in [0.29, 0.717) is 12.1 Å². The van der Waals surface area contributed by atoms with Gasteiger partial charge in [-0.25, -0.2) is 0 Å². The van der Waals surface area contributed by atoms with Crippen molar-refractivity contribution in [2.24, 2.45) is 17.6 Å². The van der Waals surface area contributed by atoms with Crippen LogP contribution in [-0.2, 0) is 20.8 Å². The fourth-order valence-electron chi connectivity index (χ4n) is 6.28. The van der Waals surface area contributed by atoms with Crippen LogP contribution < -0.4 is 16.4 Å². The molecular weight excluding hydrogens is 627 g/mol. The van der Waals surface area contributed by atoms with Gasteiger partial charge in [-0.05, 0) is 57.5 Å². The van der Waals surface area contributed by atoms with Gasteiger partial charge in [-0.2, -0.15) is 0 Å². The Balaban J connectivity index is 0.00000323. The maximum atomic E-state index is 13.8. The number of hydrogen-bond donors (Lipinski definition) is 7. The lowest BCUT2D eigenvalue weighted by Gasteiger charge is -2.50. The van der Waals surface area contributed by atoms with Gasteiger partial charge in [-0.15, -0.1) is 24.8 Å². The number of phenols is 1. The highest BCUT2D eigenvalue weighted by Gasteiger charge is 2.63. The van der Waals surface area contributed by atoms with Crippen LogP contribution in [0.2, 0.25) is 5.02 Å². The molecule has 0 aromatic heterocycles. The number of fused-ring (bicyclic) bond motifs is 3. The first-order valence-electron chi connectivity index (χ1n) is 13.5. The molecule has 0 spiro atoms. The predicted molar refractivity (Wildman–Crippen MR) is 164 cm³/mol. The molecule has 4 atom stereocenters. The second-order valence-electron chi connectivity index (χ2n) is 11.0. The average Bonchev–Trinajstić information content (AvgIpc) is 2.88. The van der Waals surface area contributed by atoms with E-state index in [0.717, 1.165) is 19.3 Å². The molecule has 1 aromatic carbocycles. The number of aliphatic hydroxyl groups is 3. The van der Waals surface area contributed by atoms with Gasteiger partial charge in [-0.3, -0.25) is 24.1 Å². The van der Waals surface area contributed by atoms with E-state index in [1.165, 1.54) is 11.0 Å². The van der Waals surface area contributed by atoms with Gasteiger partial charge in [0.25, 0.3) is 5.91 Å². The number of primary amides is 1. The second kappa shape index (κ2) is 13.8. The zero-order valence-electron chi connectivity index (χ0n) is 23.9. The number of amides is 2. The number of nitrogens with two attached hydrogens (primary N) is 1. The lowest BCUT2D eigenvalue weighted by molar-refractivity contribution is -0.148. The standard InChI is InChI=1S/C28H35ClN4O8.2ClH/c1-4-5-6-7-31-11-16(34)32-20-15(29)10-13-8-12-9-14-21(33(2)3)24(37)19(27(30)40)26(39)28(14,41)25(38)18(12)22(35)17(13)23(20)36;;/h10,12,14,21,31,36-38,41H,4-9,11H2,1-3H3,(H2,30,40)(H,32,34);2*1H/t12?,14?,21-,28?;;/m0../s1. The molecule has 8 N–H and O–H groups in total. The maximum absolute atomic E-state index is 13.8. The van der Waals surface area contributed by atoms with Crippen molar-refractivity contribution in [3.63, 3.8) is 0 Å². The number of nitrogens with zero attached hydrogens (tertiary/aromatic N) is 1. The molecule has 0 saturated carbocycles. The summed E-state index contributed by atoms with van der Waals surface area (Å²) in [5.41, 5.74) is 1.38. The number of carbonyl (C=O) groups is 4. The second-order valence-corrected chi connectivity index (χ2v) is 11.4. The first kappa shape index (κ1) is 36.3. The Morgan fingerprint density at radius 3 is 2.40 bits per heavy atom. The van der Waals surface area contributed by atoms with Gasteiger partial charge in [0.2, 0.25) is 11.7 Å². The van der Waals surface area contributed by atoms with Crippen molar-refractivity contribution in [3.8, 4) is 5.75 Å². The summed E-state index contributed by atoms with van der Waals surface area (Å²) in [6, 6.07) is 0.372. The molecule has 0 bridgehead atoms. The van der Waals surface area contributed by atoms with Crippen molar-refractivity contribution in [2.45, 2.75) is 50.7 Å². The number of carbonyl (C=O) groups excluding carboxylic acids is 4. The zero-order chi connectivity index (χ0) is 30.4. The number of unbranched alkanes of at least 4 members (excludes halogenated alkanes) is 2. The molecule has 0 radical (unpaired) electrons. The number of aromatic hydroxyl groups is 1. The molecule has 43 heavy (non-hydrogen) atoms. The summed E-state index contributed by atoms with van der Waals surface area (Å²) in [7, 11) is 3.11. The van der Waals surface area contributed by atoms with Crippen LogP contribution in [0.4, 0.5) is 5.69 Å². The van der Waals surface area contributed by atoms with Crippen molar-refractivity contribution < 1.29 is 39.6 Å². The van der Waals surface area contributed by atoms with Crippen LogP contribution in [0.3, 0.4) is 0 Å². The highest BCUT2D eigenvalue weighted by Crippen LogP contribution is 2.53. The first-order valence-corrected chi connectivity index (χ1v) is 13.8. The SMILES string of the molecule is CCCCCNCC(=O)Nc1c(Cl)cc2c(c1O)C(=O)C1=C(O)C3(O)C(=O)C(C(N)=O)=C(O)[C@@H](N(C)C)C3CC1C2.Cl.Cl. The molecule has 15 heteroatoms. The van der Waals surface area contributed by atoms with Gasteiger partial charge in [0, 0.05) is 11.5 Å². The molecule has 1 aromatic rings. The number of rotatable bonds is 9. The maximum Gasteiger partial charge on any atom is 0.255 e. The third kappa shape index (κ3) is 6.09. The van der Waals surface area contributed by atoms with Crippen molar-refractivity contribution in [1.82, 2.24) is 10.2 Å². The largest absolute Gasteiger partial charge is 0.510 e. The van der Waals surface area contributed by atoms with Crippen molar-refractivity contribution in [3.05, 3.63) is 44.9 Å². The van der Waals surface area contributed by atoms with E-state index in [-0.39, 0.29) is 66.0 Å². The topological polar surface area (TPSA) is 203 Å². The number of likely N-dealkylation sites (N-methyl/N-ethyl adjacent to an activating group) is 1. The summed E-state index contributed by atoms with van der Waals surface area (Å²) >= 11 is 6.40. The van der Waals surface area contributed by atoms with Crippen molar-refractivity contribution in [2.75, 3.05) is 32.5 Å². The lowest BCUT2D eigenvalue weighted by atomic mass is 9.58. The van der Waals surface area contributed by atoms with Crippen LogP contribution in [-0.4, -0.2) is 87.5 Å². The Labute approximate surface area is 266 Å². The van der Waals surface area contributed by atoms with E-state index < -0.39 is 69.7 Å². The number of Topliss-reactive ketones (excluding diaryl/α,β-unsaturated/α-hetero) is 2. The molecule has 0 saturated heterocycles. The van der Waals surface area contributed by atoms with Crippen LogP contribution >= 0.6 is 36.4 Å². The molecule has 4 rings (SSSR count). The molecule has 3 aliphatic carbocycles. The van der Waals surface area contributed by atoms with Crippen molar-refractivity contribution >= 4 is 65.5 Å². The Kier molecular flexibility index (Phi) is 11.7. The lowest BCUT2D eigenvalue weighted by Crippen LogP contribution is -2.63. The van der Waals surface area contributed by atoms with Crippen LogP contribution in [0.1, 0.15) is 48.5 Å². The average molecular weight is 664 g/mol. The molecule has 0 fully saturated rings. The third-order valence-corrected chi connectivity index (χ3v) is 8.47. The fourth-order valence-corrected chi connectivity index (χ4v) is 6.54. The smallest absolute Gasteiger partial charge is 0.255 e. The van der Waals surface area contributed by atoms with Gasteiger partial charge in [0.1, 0.15) is 22.8 Å². The molecule has 238 valence electrons. The van der Waals surface area contributed by atoms with Crippen LogP contribution in [0.15, 0.2) is 28.7 Å². The molecule has 3 aliphatic rings. The Hall–Kier alpha value is -2.87. The number of aliphatic hydroxyl groups excluding tert-OH is 2. The molecule has 12 nitrogen and oxygen atoms in total. The number of allylic oxidation sites excluding steroid dienone is 1. The Morgan fingerprint density at radius 1 is 1.16 bits per heavy atom. The quantitative estimate of drug-likeness (QED) is 0.117. The van der Waals surface area contributed by atoms with Gasteiger partial charge in [-0.1, -0.05) is 31.4 Å². The van der Waals surface area contributed by atoms with Gasteiger partial charge >= 0.3 is 0 Å². The minimum absolute atomic E-state index is 0. The molecule has 0 aliphatic heterocycles. The first-order chi connectivity index (χ1) is 19.3. The summed E-state index contributed by atoms with van der Waals surface area (Å²) in [6.07, 6.45) is 2.99. The van der Waals surface area contributed by atoms with E-state index >= 15 is 0 Å². The minimum Gasteiger partial charge on any atom is -0.510 e. The van der Waals surface area contributed by atoms with Gasteiger partial charge in [0.15, 0.2) is 17.1 Å². The Morgan fingerprint density at radius 2 is 1.81 bits per heavy atom. The van der Waals surface area contributed by atoms with E-state index in [4.69, 9.17) is 17.3 Å². The fraction of sp³-hybridized carbons (Fsp3) is 0.500. The number of nitrogens with one attached hydrogen (secondary N) is 2. The molecule has 2 amide bonds. The van der Waals surface area contributed by atoms with E-state index in [1.54, 1.807) is 14.1 Å². The number of hydrogen-bond acceptors (Lipinski definition) is 10. The van der Waals surface area contributed by atoms with Crippen LogP contribution in [0, 0.1) is 11.8 Å². The zero-order valence-corrected chi connectivity index (χ0v) is 26.3. The number of benzene rings is 1. The monoisotopic (exact) mass is 662 g/mol. The number of halogens is 3. The summed E-state index contributed by atoms with van der Waals surface area (Å²) in [5.74, 6) is -8.02. The molecule has 3 unspecified atom stereocenters. The predicted octanol–water partition coefficient (Wildman–Crippen LogP) is 2.34. The Bertz CT molecular complexity index is 1400. The number of phenolic OH excluding ortho intramolecular Hbond substituents is 1. The van der Waals surface area contributed by atoms with Crippen LogP contribution in [0.25, 0.3) is 0 Å². The van der Waals surface area contributed by atoms with E-state index in [1.807, 2.05) is 0 Å². The highest BCUT2D eigenvalue weighted by atomic mass is 35.5. The van der Waals surface area contributed by atoms with E-state index in [9.17, 15) is 39.6 Å². The molecular formula is C28H37Cl3N4O8. The summed E-state index contributed by atoms with van der Waals surface area (Å²) < 4.78 is 0. The van der Waals surface area contributed by atoms with E-state index in [2.05, 4.69) is 17.6 Å². The van der Waals surface area contributed by atoms with Crippen LogP contribution in [0.5, 0.6) is 5.75 Å². The molecule has 0 heterocycles. The summed E-state index contributed by atoms with van der Waals surface area (Å²) in [6.45, 7) is 2.64. The number of ketones is 2. The normalized spacial score (nSPS) is 24.5. The minimum atomic E-state index is -2.73. The summed E-state index contributed by atoms with van der Waals surface area (Å²) in [5, 5.41) is 50.4. The van der Waals surface area contributed by atoms with Crippen molar-refractivity contribution in [1.29, 1.82) is 0 Å². The van der Waals surface area contributed by atoms with Gasteiger partial charge in [0.05, 0.1) is 23.2 Å². The third-order valence-electron chi connectivity index (χ3n) is 8.17. The van der Waals surface area contributed by atoms with Gasteiger partial charge < -0.3 is 36.8 Å². The summed E-state index contributed by atoms with van der Waals surface area (Å²) in [4.78, 5) is 53.2. The highest BCUT2D eigenvalue weighted by molar-refractivity contribution is 6.35. The number of anilines is 1.